The van der Waals surface area contributed by atoms with Crippen LogP contribution in [0.1, 0.15) is 36.9 Å². The van der Waals surface area contributed by atoms with Crippen molar-refractivity contribution in [2.45, 2.75) is 31.8 Å². The van der Waals surface area contributed by atoms with Crippen molar-refractivity contribution in [3.05, 3.63) is 93.2 Å². The van der Waals surface area contributed by atoms with Crippen molar-refractivity contribution in [3.63, 3.8) is 0 Å². The fourth-order valence-corrected chi connectivity index (χ4v) is 3.76. The summed E-state index contributed by atoms with van der Waals surface area (Å²) in [4.78, 5) is 17.2. The van der Waals surface area contributed by atoms with Crippen molar-refractivity contribution >= 4 is 17.3 Å². The Hall–Kier alpha value is -2.81. The van der Waals surface area contributed by atoms with E-state index in [0.29, 0.717) is 19.0 Å². The summed E-state index contributed by atoms with van der Waals surface area (Å²) >= 11 is 5.72. The van der Waals surface area contributed by atoms with Crippen molar-refractivity contribution in [1.82, 2.24) is 9.88 Å². The molecule has 1 aliphatic heterocycles. The van der Waals surface area contributed by atoms with Gasteiger partial charge in [0.05, 0.1) is 23.4 Å². The third kappa shape index (κ3) is 5.96. The fourth-order valence-electron chi connectivity index (χ4n) is 3.64. The molecule has 9 heteroatoms. The van der Waals surface area contributed by atoms with Crippen molar-refractivity contribution in [1.29, 1.82) is 0 Å². The average Bonchev–Trinajstić information content (AvgIpc) is 2.80. The minimum Gasteiger partial charge on any atom is -0.394 e. The van der Waals surface area contributed by atoms with E-state index in [9.17, 15) is 14.3 Å². The molecule has 1 saturated heterocycles. The second kappa shape index (κ2) is 11.4. The Balaban J connectivity index is 1.94. The summed E-state index contributed by atoms with van der Waals surface area (Å²) < 4.78 is 35.5. The number of pyridine rings is 1. The summed E-state index contributed by atoms with van der Waals surface area (Å²) in [5.41, 5.74) is -0.475. The summed E-state index contributed by atoms with van der Waals surface area (Å²) in [5.74, 6) is -1.39. The van der Waals surface area contributed by atoms with E-state index in [4.69, 9.17) is 16.3 Å². The van der Waals surface area contributed by atoms with Crippen LogP contribution >= 0.6 is 11.6 Å². The quantitative estimate of drug-likeness (QED) is 0.564. The lowest BCUT2D eigenvalue weighted by atomic mass is 10.1. The van der Waals surface area contributed by atoms with Gasteiger partial charge in [-0.25, -0.2) is 13.8 Å². The molecule has 1 atom stereocenters. The number of halogens is 3. The van der Waals surface area contributed by atoms with E-state index in [1.807, 2.05) is 0 Å². The summed E-state index contributed by atoms with van der Waals surface area (Å²) in [7, 11) is 0. The summed E-state index contributed by atoms with van der Waals surface area (Å²) in [6, 6.07) is 4.47. The first-order chi connectivity index (χ1) is 15.8. The average molecular weight is 478 g/mol. The fraction of sp³-hybridized carbons (Fsp3) is 0.333. The second-order valence-electron chi connectivity index (χ2n) is 7.60. The van der Waals surface area contributed by atoms with Gasteiger partial charge >= 0.3 is 0 Å². The topological polar surface area (TPSA) is 75.8 Å². The molecule has 2 heterocycles. The van der Waals surface area contributed by atoms with E-state index >= 15 is 4.39 Å². The number of aromatic nitrogens is 1. The molecule has 0 bridgehead atoms. The molecule has 0 saturated carbocycles. The van der Waals surface area contributed by atoms with Crippen LogP contribution in [0.3, 0.4) is 0 Å². The van der Waals surface area contributed by atoms with Crippen molar-refractivity contribution in [2.75, 3.05) is 19.8 Å². The predicted molar refractivity (Wildman–Crippen MR) is 125 cm³/mol. The van der Waals surface area contributed by atoms with Gasteiger partial charge in [0.1, 0.15) is 11.6 Å². The standard InChI is InChI=1S/C24H26ClF2N3O3/c1-3-4-21(29-15(2)28-17-8-11-33-12-9-17)18-7-10-30(24(32)23(18)27)22(14-31)16-5-6-19(25)20(26)13-16/h3-7,10,13,17,22,28,31H,2,8-9,11-12,14H2,1H3/b4-3-,29-21?. The molecule has 0 aliphatic carbocycles. The lowest BCUT2D eigenvalue weighted by Crippen LogP contribution is -2.34. The van der Waals surface area contributed by atoms with Gasteiger partial charge in [0, 0.05) is 31.0 Å². The highest BCUT2D eigenvalue weighted by Crippen LogP contribution is 2.23. The van der Waals surface area contributed by atoms with Crippen LogP contribution in [0, 0.1) is 11.6 Å². The van der Waals surface area contributed by atoms with Gasteiger partial charge in [-0.3, -0.25) is 4.79 Å². The molecule has 2 aromatic rings. The molecule has 1 aromatic carbocycles. The van der Waals surface area contributed by atoms with Gasteiger partial charge in [-0.15, -0.1) is 0 Å². The number of benzene rings is 1. The number of allylic oxidation sites excluding steroid dienone is 2. The maximum atomic E-state index is 15.2. The first-order valence-corrected chi connectivity index (χ1v) is 10.9. The Kier molecular flexibility index (Phi) is 8.55. The van der Waals surface area contributed by atoms with Crippen molar-refractivity contribution in [2.24, 2.45) is 4.99 Å². The number of hydrogen-bond acceptors (Lipinski definition) is 5. The minimum absolute atomic E-state index is 0.0109. The molecule has 176 valence electrons. The van der Waals surface area contributed by atoms with E-state index in [1.54, 1.807) is 19.1 Å². The third-order valence-corrected chi connectivity index (χ3v) is 5.65. The van der Waals surface area contributed by atoms with Crippen LogP contribution in [-0.2, 0) is 4.74 Å². The van der Waals surface area contributed by atoms with Crippen LogP contribution < -0.4 is 10.9 Å². The Labute approximate surface area is 195 Å². The van der Waals surface area contributed by atoms with Crippen molar-refractivity contribution < 1.29 is 18.6 Å². The zero-order chi connectivity index (χ0) is 24.0. The molecule has 2 N–H and O–H groups in total. The maximum Gasteiger partial charge on any atom is 0.287 e. The number of nitrogens with zero attached hydrogens (tertiary/aromatic N) is 2. The molecule has 6 nitrogen and oxygen atoms in total. The summed E-state index contributed by atoms with van der Waals surface area (Å²) in [5, 5.41) is 13.0. The smallest absolute Gasteiger partial charge is 0.287 e. The van der Waals surface area contributed by atoms with Gasteiger partial charge < -0.3 is 19.7 Å². The lowest BCUT2D eigenvalue weighted by Gasteiger charge is -2.24. The Morgan fingerprint density at radius 3 is 2.76 bits per heavy atom. The molecule has 0 radical (unpaired) electrons. The highest BCUT2D eigenvalue weighted by molar-refractivity contribution is 6.30. The zero-order valence-corrected chi connectivity index (χ0v) is 19.0. The van der Waals surface area contributed by atoms with E-state index in [0.717, 1.165) is 23.5 Å². The molecule has 0 spiro atoms. The third-order valence-electron chi connectivity index (χ3n) is 5.35. The molecule has 1 unspecified atom stereocenters. The number of aliphatic hydroxyl groups is 1. The molecule has 1 fully saturated rings. The van der Waals surface area contributed by atoms with Gasteiger partial charge in [-0.2, -0.15) is 0 Å². The molecule has 1 aliphatic rings. The van der Waals surface area contributed by atoms with Crippen LogP contribution in [0.5, 0.6) is 0 Å². The highest BCUT2D eigenvalue weighted by Gasteiger charge is 2.21. The SMILES string of the molecule is C=C(N=C(/C=C\C)c1ccn(C(CO)c2ccc(Cl)c(F)c2)c(=O)c1F)NC1CCOCC1. The monoisotopic (exact) mass is 477 g/mol. The van der Waals surface area contributed by atoms with Gasteiger partial charge in [0.2, 0.25) is 0 Å². The summed E-state index contributed by atoms with van der Waals surface area (Å²) in [6.45, 7) is 6.41. The number of aliphatic hydroxyl groups excluding tert-OH is 1. The molecular weight excluding hydrogens is 452 g/mol. The van der Waals surface area contributed by atoms with E-state index < -0.39 is 29.8 Å². The van der Waals surface area contributed by atoms with Gasteiger partial charge in [-0.05, 0) is 49.6 Å². The lowest BCUT2D eigenvalue weighted by molar-refractivity contribution is 0.0803. The normalized spacial score (nSPS) is 16.2. The summed E-state index contributed by atoms with van der Waals surface area (Å²) in [6.07, 6.45) is 6.23. The molecule has 3 rings (SSSR count). The molecule has 1 aromatic heterocycles. The van der Waals surface area contributed by atoms with Gasteiger partial charge in [-0.1, -0.05) is 30.3 Å². The minimum atomic E-state index is -1.04. The Morgan fingerprint density at radius 1 is 1.39 bits per heavy atom. The Bertz CT molecular complexity index is 1120. The number of aliphatic imine (C=N–C) groups is 1. The first kappa shape index (κ1) is 24.8. The van der Waals surface area contributed by atoms with Gasteiger partial charge in [0.25, 0.3) is 5.56 Å². The van der Waals surface area contributed by atoms with E-state index in [2.05, 4.69) is 16.9 Å². The Morgan fingerprint density at radius 2 is 2.12 bits per heavy atom. The predicted octanol–water partition coefficient (Wildman–Crippen LogP) is 3.97. The number of rotatable bonds is 8. The first-order valence-electron chi connectivity index (χ1n) is 10.6. The van der Waals surface area contributed by atoms with Crippen LogP contribution in [0.15, 0.2) is 64.8 Å². The largest absolute Gasteiger partial charge is 0.394 e. The van der Waals surface area contributed by atoms with Crippen LogP contribution in [0.25, 0.3) is 0 Å². The van der Waals surface area contributed by atoms with Crippen molar-refractivity contribution in [3.8, 4) is 0 Å². The molecule has 33 heavy (non-hydrogen) atoms. The number of ether oxygens (including phenoxy) is 1. The molecular formula is C24H26ClF2N3O3. The zero-order valence-electron chi connectivity index (χ0n) is 18.2. The van der Waals surface area contributed by atoms with Crippen LogP contribution in [0.4, 0.5) is 8.78 Å². The highest BCUT2D eigenvalue weighted by atomic mass is 35.5. The second-order valence-corrected chi connectivity index (χ2v) is 8.01. The van der Waals surface area contributed by atoms with Crippen LogP contribution in [0.2, 0.25) is 5.02 Å². The van der Waals surface area contributed by atoms with E-state index in [-0.39, 0.29) is 27.9 Å². The number of nitrogens with one attached hydrogen (secondary N) is 1. The molecule has 0 amide bonds. The van der Waals surface area contributed by atoms with Gasteiger partial charge in [0.15, 0.2) is 5.82 Å². The maximum absolute atomic E-state index is 15.2. The number of hydrogen-bond donors (Lipinski definition) is 2. The van der Waals surface area contributed by atoms with E-state index in [1.165, 1.54) is 24.4 Å². The van der Waals surface area contributed by atoms with Crippen LogP contribution in [-0.4, -0.2) is 41.2 Å².